The number of hydrogen-bond donors (Lipinski definition) is 1. The molecule has 0 aromatic heterocycles. The Morgan fingerprint density at radius 2 is 2.06 bits per heavy atom. The first-order valence-electron chi connectivity index (χ1n) is 6.49. The van der Waals surface area contributed by atoms with Crippen LogP contribution in [0.5, 0.6) is 0 Å². The number of ether oxygens (including phenoxy) is 1. The lowest BCUT2D eigenvalue weighted by Gasteiger charge is -2.27. The molecule has 0 aromatic carbocycles. The summed E-state index contributed by atoms with van der Waals surface area (Å²) in [6.07, 6.45) is 5.45. The van der Waals surface area contributed by atoms with Crippen LogP contribution in [0.1, 0.15) is 47.0 Å². The zero-order valence-electron chi connectivity index (χ0n) is 11.5. The van der Waals surface area contributed by atoms with Gasteiger partial charge in [-0.05, 0) is 18.3 Å². The lowest BCUT2D eigenvalue weighted by Crippen LogP contribution is -2.35. The van der Waals surface area contributed by atoms with Crippen molar-refractivity contribution in [3.05, 3.63) is 12.7 Å². The SMILES string of the molecule is C=CC(C)(CCOCCCC)CNC(C)C. The van der Waals surface area contributed by atoms with Gasteiger partial charge in [0, 0.05) is 25.8 Å². The van der Waals surface area contributed by atoms with Crippen LogP contribution in [0.2, 0.25) is 0 Å². The molecule has 0 saturated carbocycles. The summed E-state index contributed by atoms with van der Waals surface area (Å²) in [7, 11) is 0. The van der Waals surface area contributed by atoms with E-state index in [1.54, 1.807) is 0 Å². The van der Waals surface area contributed by atoms with Crippen molar-refractivity contribution in [2.24, 2.45) is 5.41 Å². The van der Waals surface area contributed by atoms with Crippen LogP contribution in [0.4, 0.5) is 0 Å². The van der Waals surface area contributed by atoms with Crippen LogP contribution in [-0.2, 0) is 4.74 Å². The molecular weight excluding hydrogens is 198 g/mol. The Morgan fingerprint density at radius 1 is 1.38 bits per heavy atom. The van der Waals surface area contributed by atoms with E-state index in [9.17, 15) is 0 Å². The molecule has 0 fully saturated rings. The lowest BCUT2D eigenvalue weighted by atomic mass is 9.87. The van der Waals surface area contributed by atoms with Crippen LogP contribution >= 0.6 is 0 Å². The molecule has 2 nitrogen and oxygen atoms in total. The quantitative estimate of drug-likeness (QED) is 0.456. The summed E-state index contributed by atoms with van der Waals surface area (Å²) in [5.41, 5.74) is 0.149. The summed E-state index contributed by atoms with van der Waals surface area (Å²) in [5.74, 6) is 0. The van der Waals surface area contributed by atoms with Gasteiger partial charge in [-0.1, -0.05) is 40.2 Å². The van der Waals surface area contributed by atoms with Crippen molar-refractivity contribution in [2.75, 3.05) is 19.8 Å². The third-order valence-corrected chi connectivity index (χ3v) is 2.87. The molecule has 0 amide bonds. The van der Waals surface area contributed by atoms with Crippen molar-refractivity contribution in [3.63, 3.8) is 0 Å². The molecule has 1 atom stereocenters. The number of rotatable bonds is 10. The maximum absolute atomic E-state index is 5.60. The third kappa shape index (κ3) is 7.89. The fourth-order valence-electron chi connectivity index (χ4n) is 1.35. The van der Waals surface area contributed by atoms with Gasteiger partial charge in [-0.15, -0.1) is 6.58 Å². The zero-order valence-corrected chi connectivity index (χ0v) is 11.5. The predicted octanol–water partition coefficient (Wildman–Crippen LogP) is 3.38. The van der Waals surface area contributed by atoms with Gasteiger partial charge in [-0.3, -0.25) is 0 Å². The third-order valence-electron chi connectivity index (χ3n) is 2.87. The van der Waals surface area contributed by atoms with Crippen molar-refractivity contribution in [2.45, 2.75) is 53.0 Å². The number of nitrogens with one attached hydrogen (secondary N) is 1. The molecule has 1 unspecified atom stereocenters. The average molecular weight is 227 g/mol. The second-order valence-electron chi connectivity index (χ2n) is 5.11. The zero-order chi connectivity index (χ0) is 12.4. The Hall–Kier alpha value is -0.340. The van der Waals surface area contributed by atoms with E-state index >= 15 is 0 Å². The fourth-order valence-corrected chi connectivity index (χ4v) is 1.35. The van der Waals surface area contributed by atoms with Crippen LogP contribution in [0.15, 0.2) is 12.7 Å². The molecular formula is C14H29NO. The summed E-state index contributed by atoms with van der Waals surface area (Å²) in [6.45, 7) is 15.4. The van der Waals surface area contributed by atoms with Crippen molar-refractivity contribution in [1.29, 1.82) is 0 Å². The summed E-state index contributed by atoms with van der Waals surface area (Å²) in [4.78, 5) is 0. The summed E-state index contributed by atoms with van der Waals surface area (Å²) in [5, 5.41) is 3.46. The monoisotopic (exact) mass is 227 g/mol. The van der Waals surface area contributed by atoms with Crippen molar-refractivity contribution >= 4 is 0 Å². The van der Waals surface area contributed by atoms with Crippen LogP contribution in [0.25, 0.3) is 0 Å². The van der Waals surface area contributed by atoms with E-state index in [1.807, 2.05) is 6.08 Å². The van der Waals surface area contributed by atoms with Gasteiger partial charge in [-0.2, -0.15) is 0 Å². The van der Waals surface area contributed by atoms with E-state index in [0.717, 1.165) is 32.6 Å². The van der Waals surface area contributed by atoms with Crippen molar-refractivity contribution < 1.29 is 4.74 Å². The lowest BCUT2D eigenvalue weighted by molar-refractivity contribution is 0.107. The van der Waals surface area contributed by atoms with Crippen molar-refractivity contribution in [1.82, 2.24) is 5.32 Å². The molecule has 0 aliphatic heterocycles. The Balaban J connectivity index is 3.74. The largest absolute Gasteiger partial charge is 0.381 e. The highest BCUT2D eigenvalue weighted by molar-refractivity contribution is 4.93. The van der Waals surface area contributed by atoms with Crippen LogP contribution in [0.3, 0.4) is 0 Å². The first-order valence-corrected chi connectivity index (χ1v) is 6.49. The minimum atomic E-state index is 0.149. The highest BCUT2D eigenvalue weighted by Gasteiger charge is 2.19. The Labute approximate surface area is 101 Å². The Morgan fingerprint density at radius 3 is 2.56 bits per heavy atom. The minimum absolute atomic E-state index is 0.149. The van der Waals surface area contributed by atoms with E-state index in [0.29, 0.717) is 6.04 Å². The smallest absolute Gasteiger partial charge is 0.0474 e. The van der Waals surface area contributed by atoms with Crippen LogP contribution < -0.4 is 5.32 Å². The molecule has 0 aliphatic carbocycles. The highest BCUT2D eigenvalue weighted by atomic mass is 16.5. The molecule has 2 heteroatoms. The molecule has 96 valence electrons. The van der Waals surface area contributed by atoms with Gasteiger partial charge < -0.3 is 10.1 Å². The van der Waals surface area contributed by atoms with Crippen LogP contribution in [-0.4, -0.2) is 25.8 Å². The van der Waals surface area contributed by atoms with Gasteiger partial charge >= 0.3 is 0 Å². The minimum Gasteiger partial charge on any atom is -0.381 e. The van der Waals surface area contributed by atoms with Crippen LogP contribution in [0, 0.1) is 5.41 Å². The molecule has 0 radical (unpaired) electrons. The van der Waals surface area contributed by atoms with Gasteiger partial charge in [-0.25, -0.2) is 0 Å². The first kappa shape index (κ1) is 15.7. The standard InChI is InChI=1S/C14H29NO/c1-6-8-10-16-11-9-14(5,7-2)12-15-13(3)4/h7,13,15H,2,6,8-12H2,1,3-5H3. The molecule has 0 spiro atoms. The van der Waals surface area contributed by atoms with Gasteiger partial charge in [0.1, 0.15) is 0 Å². The maximum Gasteiger partial charge on any atom is 0.0474 e. The second-order valence-corrected chi connectivity index (χ2v) is 5.11. The first-order chi connectivity index (χ1) is 7.54. The molecule has 0 rings (SSSR count). The Kier molecular flexibility index (Phi) is 8.58. The van der Waals surface area contributed by atoms with Gasteiger partial charge in [0.05, 0.1) is 0 Å². The molecule has 16 heavy (non-hydrogen) atoms. The molecule has 0 aliphatic rings. The predicted molar refractivity (Wildman–Crippen MR) is 71.8 cm³/mol. The fraction of sp³-hybridized carbons (Fsp3) is 0.857. The van der Waals surface area contributed by atoms with E-state index in [2.05, 4.69) is 39.6 Å². The average Bonchev–Trinajstić information content (AvgIpc) is 2.26. The van der Waals surface area contributed by atoms with E-state index in [4.69, 9.17) is 4.74 Å². The Bertz CT molecular complexity index is 180. The van der Waals surface area contributed by atoms with Gasteiger partial charge in [0.2, 0.25) is 0 Å². The molecule has 0 saturated heterocycles. The number of hydrogen-bond acceptors (Lipinski definition) is 2. The number of unbranched alkanes of at least 4 members (excludes halogenated alkanes) is 1. The second kappa shape index (κ2) is 8.77. The van der Waals surface area contributed by atoms with E-state index < -0.39 is 0 Å². The maximum atomic E-state index is 5.60. The molecule has 1 N–H and O–H groups in total. The summed E-state index contributed by atoms with van der Waals surface area (Å²) < 4.78 is 5.60. The normalized spacial score (nSPS) is 15.1. The molecule has 0 bridgehead atoms. The van der Waals surface area contributed by atoms with Gasteiger partial charge in [0.15, 0.2) is 0 Å². The topological polar surface area (TPSA) is 21.3 Å². The molecule has 0 heterocycles. The van der Waals surface area contributed by atoms with E-state index in [-0.39, 0.29) is 5.41 Å². The van der Waals surface area contributed by atoms with E-state index in [1.165, 1.54) is 6.42 Å². The highest BCUT2D eigenvalue weighted by Crippen LogP contribution is 2.21. The van der Waals surface area contributed by atoms with Crippen molar-refractivity contribution in [3.8, 4) is 0 Å². The summed E-state index contributed by atoms with van der Waals surface area (Å²) >= 11 is 0. The summed E-state index contributed by atoms with van der Waals surface area (Å²) in [6, 6.07) is 0.528. The van der Waals surface area contributed by atoms with Gasteiger partial charge in [0.25, 0.3) is 0 Å². The molecule has 0 aromatic rings.